The van der Waals surface area contributed by atoms with E-state index >= 15 is 0 Å². The molecule has 96 valence electrons. The van der Waals surface area contributed by atoms with Crippen LogP contribution in [0.4, 0.5) is 10.2 Å². The Morgan fingerprint density at radius 3 is 2.59 bits per heavy atom. The number of hydrogen-bond acceptors (Lipinski definition) is 3. The first-order valence-electron chi connectivity index (χ1n) is 6.03. The second-order valence-electron chi connectivity index (χ2n) is 4.93. The van der Waals surface area contributed by atoms with Gasteiger partial charge < -0.3 is 10.6 Å². The molecule has 0 aliphatic rings. The van der Waals surface area contributed by atoms with Gasteiger partial charge in [-0.1, -0.05) is 13.8 Å². The molecule has 1 atom stereocenters. The van der Waals surface area contributed by atoms with E-state index in [0.29, 0.717) is 18.5 Å². The molecule has 0 fully saturated rings. The van der Waals surface area contributed by atoms with Crippen molar-refractivity contribution in [2.24, 2.45) is 11.7 Å². The van der Waals surface area contributed by atoms with Crippen LogP contribution >= 0.6 is 0 Å². The summed E-state index contributed by atoms with van der Waals surface area (Å²) in [4.78, 5) is 6.22. The number of pyridine rings is 1. The van der Waals surface area contributed by atoms with E-state index in [0.717, 1.165) is 17.8 Å². The first-order chi connectivity index (χ1) is 7.95. The van der Waals surface area contributed by atoms with Gasteiger partial charge in [-0.05, 0) is 25.3 Å². The first-order valence-corrected chi connectivity index (χ1v) is 6.03. The molecule has 4 heteroatoms. The van der Waals surface area contributed by atoms with Gasteiger partial charge >= 0.3 is 0 Å². The minimum atomic E-state index is -0.334. The second kappa shape index (κ2) is 5.96. The van der Waals surface area contributed by atoms with Gasteiger partial charge in [0.1, 0.15) is 11.6 Å². The van der Waals surface area contributed by atoms with Crippen molar-refractivity contribution < 1.29 is 4.39 Å². The summed E-state index contributed by atoms with van der Waals surface area (Å²) in [6.45, 7) is 6.82. The minimum absolute atomic E-state index is 0.304. The molecule has 0 saturated carbocycles. The fraction of sp³-hybridized carbons (Fsp3) is 0.615. The van der Waals surface area contributed by atoms with Crippen LogP contribution in [0.1, 0.15) is 32.8 Å². The Hall–Kier alpha value is -1.16. The van der Waals surface area contributed by atoms with Crippen molar-refractivity contribution in [3.8, 4) is 0 Å². The molecule has 0 saturated heterocycles. The van der Waals surface area contributed by atoms with E-state index in [1.807, 2.05) is 7.05 Å². The highest BCUT2D eigenvalue weighted by atomic mass is 19.1. The van der Waals surface area contributed by atoms with Gasteiger partial charge in [0.25, 0.3) is 0 Å². The van der Waals surface area contributed by atoms with Crippen LogP contribution in [0.5, 0.6) is 0 Å². The highest BCUT2D eigenvalue weighted by Crippen LogP contribution is 2.21. The summed E-state index contributed by atoms with van der Waals surface area (Å²) in [6.07, 6.45) is 2.31. The molecule has 0 aromatic carbocycles. The van der Waals surface area contributed by atoms with E-state index in [1.54, 1.807) is 0 Å². The molecule has 1 rings (SSSR count). The van der Waals surface area contributed by atoms with E-state index in [2.05, 4.69) is 30.7 Å². The van der Waals surface area contributed by atoms with Gasteiger partial charge in [-0.15, -0.1) is 0 Å². The summed E-state index contributed by atoms with van der Waals surface area (Å²) in [5.41, 5.74) is 6.38. The fourth-order valence-electron chi connectivity index (χ4n) is 1.99. The maximum Gasteiger partial charge on any atom is 0.141 e. The molecular formula is C13H22FN3. The average Bonchev–Trinajstić information content (AvgIpc) is 2.27. The molecule has 2 N–H and O–H groups in total. The van der Waals surface area contributed by atoms with E-state index in [-0.39, 0.29) is 5.82 Å². The molecule has 1 unspecified atom stereocenters. The Balaban J connectivity index is 2.91. The Morgan fingerprint density at radius 1 is 1.41 bits per heavy atom. The normalized spacial score (nSPS) is 12.9. The highest BCUT2D eigenvalue weighted by molar-refractivity contribution is 5.46. The predicted octanol–water partition coefficient (Wildman–Crippen LogP) is 2.55. The van der Waals surface area contributed by atoms with Crippen LogP contribution in [-0.4, -0.2) is 18.1 Å². The van der Waals surface area contributed by atoms with E-state index in [4.69, 9.17) is 5.73 Å². The van der Waals surface area contributed by atoms with Gasteiger partial charge in [0.2, 0.25) is 0 Å². The van der Waals surface area contributed by atoms with Gasteiger partial charge in [0, 0.05) is 25.2 Å². The number of nitrogens with zero attached hydrogens (tertiary/aromatic N) is 2. The van der Waals surface area contributed by atoms with Crippen molar-refractivity contribution >= 4 is 5.82 Å². The SMILES string of the molecule is CC(C)CC(C)N(C)c1ncc(F)cc1CN. The van der Waals surface area contributed by atoms with Gasteiger partial charge in [0.05, 0.1) is 6.20 Å². The highest BCUT2D eigenvalue weighted by Gasteiger charge is 2.16. The van der Waals surface area contributed by atoms with Crippen LogP contribution < -0.4 is 10.6 Å². The molecule has 0 amide bonds. The second-order valence-corrected chi connectivity index (χ2v) is 4.93. The summed E-state index contributed by atoms with van der Waals surface area (Å²) in [5.74, 6) is 1.07. The zero-order valence-corrected chi connectivity index (χ0v) is 11.1. The molecular weight excluding hydrogens is 217 g/mol. The van der Waals surface area contributed by atoms with Crippen molar-refractivity contribution in [1.82, 2.24) is 4.98 Å². The topological polar surface area (TPSA) is 42.2 Å². The van der Waals surface area contributed by atoms with E-state index in [1.165, 1.54) is 12.3 Å². The van der Waals surface area contributed by atoms with E-state index < -0.39 is 0 Å². The molecule has 0 bridgehead atoms. The number of aromatic nitrogens is 1. The lowest BCUT2D eigenvalue weighted by atomic mass is 10.0. The lowest BCUT2D eigenvalue weighted by Crippen LogP contribution is -2.32. The van der Waals surface area contributed by atoms with Crippen molar-refractivity contribution in [3.05, 3.63) is 23.6 Å². The van der Waals surface area contributed by atoms with Crippen molar-refractivity contribution in [3.63, 3.8) is 0 Å². The average molecular weight is 239 g/mol. The maximum absolute atomic E-state index is 13.1. The molecule has 0 aliphatic heterocycles. The first kappa shape index (κ1) is 13.9. The molecule has 17 heavy (non-hydrogen) atoms. The van der Waals surface area contributed by atoms with Crippen LogP contribution in [0.3, 0.4) is 0 Å². The van der Waals surface area contributed by atoms with Crippen molar-refractivity contribution in [2.75, 3.05) is 11.9 Å². The standard InChI is InChI=1S/C13H22FN3/c1-9(2)5-10(3)17(4)13-11(7-15)6-12(14)8-16-13/h6,8-10H,5,7,15H2,1-4H3. The molecule has 1 heterocycles. The Kier molecular flexibility index (Phi) is 4.87. The zero-order valence-electron chi connectivity index (χ0n) is 11.1. The quantitative estimate of drug-likeness (QED) is 0.858. The summed E-state index contributed by atoms with van der Waals surface area (Å²) in [5, 5.41) is 0. The third-order valence-electron chi connectivity index (χ3n) is 2.94. The third kappa shape index (κ3) is 3.66. The number of rotatable bonds is 5. The lowest BCUT2D eigenvalue weighted by Gasteiger charge is -2.28. The Bertz CT molecular complexity index is 366. The van der Waals surface area contributed by atoms with Crippen molar-refractivity contribution in [1.29, 1.82) is 0 Å². The summed E-state index contributed by atoms with van der Waals surface area (Å²) in [7, 11) is 1.98. The van der Waals surface area contributed by atoms with E-state index in [9.17, 15) is 4.39 Å². The molecule has 0 spiro atoms. The van der Waals surface area contributed by atoms with Crippen LogP contribution in [0.15, 0.2) is 12.3 Å². The number of halogens is 1. The fourth-order valence-corrected chi connectivity index (χ4v) is 1.99. The third-order valence-corrected chi connectivity index (χ3v) is 2.94. The minimum Gasteiger partial charge on any atom is -0.357 e. The van der Waals surface area contributed by atoms with Crippen LogP contribution in [0.2, 0.25) is 0 Å². The maximum atomic E-state index is 13.1. The van der Waals surface area contributed by atoms with Gasteiger partial charge in [-0.25, -0.2) is 9.37 Å². The van der Waals surface area contributed by atoms with Gasteiger partial charge in [-0.2, -0.15) is 0 Å². The van der Waals surface area contributed by atoms with Crippen LogP contribution in [-0.2, 0) is 6.54 Å². The molecule has 1 aromatic heterocycles. The van der Waals surface area contributed by atoms with Gasteiger partial charge in [-0.3, -0.25) is 0 Å². The lowest BCUT2D eigenvalue weighted by molar-refractivity contribution is 0.500. The summed E-state index contributed by atoms with van der Waals surface area (Å²) < 4.78 is 13.1. The Labute approximate surface area is 103 Å². The number of hydrogen-bond donors (Lipinski definition) is 1. The number of anilines is 1. The molecule has 0 aliphatic carbocycles. The predicted molar refractivity (Wildman–Crippen MR) is 69.4 cm³/mol. The summed E-state index contributed by atoms with van der Waals surface area (Å²) >= 11 is 0. The van der Waals surface area contributed by atoms with Crippen LogP contribution in [0.25, 0.3) is 0 Å². The smallest absolute Gasteiger partial charge is 0.141 e. The van der Waals surface area contributed by atoms with Gasteiger partial charge in [0.15, 0.2) is 0 Å². The molecule has 3 nitrogen and oxygen atoms in total. The molecule has 1 aromatic rings. The number of nitrogens with two attached hydrogens (primary N) is 1. The molecule has 0 radical (unpaired) electrons. The zero-order chi connectivity index (χ0) is 13.0. The van der Waals surface area contributed by atoms with Crippen LogP contribution in [0, 0.1) is 11.7 Å². The van der Waals surface area contributed by atoms with Crippen molar-refractivity contribution in [2.45, 2.75) is 39.8 Å². The Morgan fingerprint density at radius 2 is 2.06 bits per heavy atom. The largest absolute Gasteiger partial charge is 0.357 e. The monoisotopic (exact) mass is 239 g/mol. The summed E-state index contributed by atoms with van der Waals surface area (Å²) in [6, 6.07) is 1.82.